The first-order chi connectivity index (χ1) is 14.4. The van der Waals surface area contributed by atoms with Gasteiger partial charge in [0.15, 0.2) is 0 Å². The van der Waals surface area contributed by atoms with Crippen LogP contribution in [-0.2, 0) is 4.79 Å². The highest BCUT2D eigenvalue weighted by Crippen LogP contribution is 2.13. The van der Waals surface area contributed by atoms with Crippen LogP contribution in [0.5, 0.6) is 0 Å². The van der Waals surface area contributed by atoms with Gasteiger partial charge in [-0.25, -0.2) is 0 Å². The first kappa shape index (κ1) is 21.6. The molecule has 0 spiro atoms. The lowest BCUT2D eigenvalue weighted by molar-refractivity contribution is -0.135. The molecule has 1 heterocycles. The zero-order chi connectivity index (χ0) is 21.7. The number of nitrogens with zero attached hydrogens (tertiary/aromatic N) is 2. The van der Waals surface area contributed by atoms with Crippen LogP contribution in [0, 0.1) is 12.8 Å². The average molecular weight is 408 g/mol. The third-order valence-corrected chi connectivity index (χ3v) is 5.40. The van der Waals surface area contributed by atoms with Gasteiger partial charge in [-0.2, -0.15) is 0 Å². The van der Waals surface area contributed by atoms with Gasteiger partial charge in [0.25, 0.3) is 11.8 Å². The van der Waals surface area contributed by atoms with Crippen molar-refractivity contribution >= 4 is 17.7 Å². The molecule has 0 aromatic heterocycles. The number of amides is 3. The van der Waals surface area contributed by atoms with Crippen molar-refractivity contribution in [2.75, 3.05) is 26.2 Å². The molecule has 1 N–H and O–H groups in total. The minimum Gasteiger partial charge on any atom is -0.340 e. The standard InChI is InChI=1S/C24H29N3O3/c1-17(2)21(25-22(28)20-11-7-8-18(3)16-20)24(30)27-14-12-26(13-15-27)23(29)19-9-5-4-6-10-19/h4-11,16-17,21H,12-15H2,1-3H3,(H,25,28)/t21-/m0/s1. The van der Waals surface area contributed by atoms with Crippen LogP contribution in [0.1, 0.15) is 40.1 Å². The normalized spacial score (nSPS) is 15.1. The van der Waals surface area contributed by atoms with E-state index in [0.717, 1.165) is 5.56 Å². The molecule has 30 heavy (non-hydrogen) atoms. The summed E-state index contributed by atoms with van der Waals surface area (Å²) >= 11 is 0. The molecule has 2 aromatic rings. The quantitative estimate of drug-likeness (QED) is 0.829. The minimum absolute atomic E-state index is 0.0177. The first-order valence-electron chi connectivity index (χ1n) is 10.4. The molecule has 0 saturated carbocycles. The fourth-order valence-corrected chi connectivity index (χ4v) is 3.61. The number of benzene rings is 2. The topological polar surface area (TPSA) is 69.7 Å². The molecular formula is C24H29N3O3. The Balaban J connectivity index is 1.61. The van der Waals surface area contributed by atoms with Gasteiger partial charge < -0.3 is 15.1 Å². The molecule has 3 amide bonds. The van der Waals surface area contributed by atoms with Gasteiger partial charge in [-0.15, -0.1) is 0 Å². The van der Waals surface area contributed by atoms with Crippen molar-refractivity contribution in [3.8, 4) is 0 Å². The van der Waals surface area contributed by atoms with E-state index in [1.165, 1.54) is 0 Å². The van der Waals surface area contributed by atoms with E-state index in [1.807, 2.05) is 57.2 Å². The maximum absolute atomic E-state index is 13.1. The van der Waals surface area contributed by atoms with E-state index in [4.69, 9.17) is 0 Å². The Morgan fingerprint density at radius 1 is 0.833 bits per heavy atom. The molecule has 1 atom stereocenters. The Kier molecular flexibility index (Phi) is 6.87. The molecule has 6 heteroatoms. The minimum atomic E-state index is -0.602. The van der Waals surface area contributed by atoms with E-state index in [9.17, 15) is 14.4 Å². The summed E-state index contributed by atoms with van der Waals surface area (Å²) < 4.78 is 0. The van der Waals surface area contributed by atoms with Crippen LogP contribution >= 0.6 is 0 Å². The Hall–Kier alpha value is -3.15. The van der Waals surface area contributed by atoms with Crippen molar-refractivity contribution in [2.24, 2.45) is 5.92 Å². The molecule has 2 aromatic carbocycles. The van der Waals surface area contributed by atoms with Crippen LogP contribution in [-0.4, -0.2) is 59.7 Å². The van der Waals surface area contributed by atoms with Gasteiger partial charge in [0.2, 0.25) is 5.91 Å². The number of rotatable bonds is 5. The van der Waals surface area contributed by atoms with Gasteiger partial charge in [0.05, 0.1) is 0 Å². The van der Waals surface area contributed by atoms with E-state index in [-0.39, 0.29) is 23.6 Å². The molecule has 0 unspecified atom stereocenters. The fourth-order valence-electron chi connectivity index (χ4n) is 3.61. The highest BCUT2D eigenvalue weighted by atomic mass is 16.2. The third-order valence-electron chi connectivity index (χ3n) is 5.40. The monoisotopic (exact) mass is 407 g/mol. The van der Waals surface area contributed by atoms with Crippen molar-refractivity contribution in [1.29, 1.82) is 0 Å². The number of aryl methyl sites for hydroxylation is 1. The second-order valence-corrected chi connectivity index (χ2v) is 8.05. The van der Waals surface area contributed by atoms with E-state index in [0.29, 0.717) is 37.3 Å². The largest absolute Gasteiger partial charge is 0.340 e. The number of piperazine rings is 1. The Bertz CT molecular complexity index is 903. The van der Waals surface area contributed by atoms with E-state index < -0.39 is 6.04 Å². The van der Waals surface area contributed by atoms with Gasteiger partial charge in [-0.3, -0.25) is 14.4 Å². The van der Waals surface area contributed by atoms with Crippen molar-refractivity contribution in [3.05, 3.63) is 71.3 Å². The maximum Gasteiger partial charge on any atom is 0.253 e. The summed E-state index contributed by atoms with van der Waals surface area (Å²) in [4.78, 5) is 41.9. The van der Waals surface area contributed by atoms with Crippen LogP contribution in [0.15, 0.2) is 54.6 Å². The van der Waals surface area contributed by atoms with Crippen molar-refractivity contribution in [2.45, 2.75) is 26.8 Å². The number of carbonyl (C=O) groups is 3. The molecule has 0 aliphatic carbocycles. The smallest absolute Gasteiger partial charge is 0.253 e. The zero-order valence-electron chi connectivity index (χ0n) is 17.8. The molecule has 1 saturated heterocycles. The van der Waals surface area contributed by atoms with Crippen molar-refractivity contribution < 1.29 is 14.4 Å². The summed E-state index contributed by atoms with van der Waals surface area (Å²) in [5, 5.41) is 2.91. The summed E-state index contributed by atoms with van der Waals surface area (Å²) in [6, 6.07) is 15.9. The van der Waals surface area contributed by atoms with Crippen LogP contribution in [0.2, 0.25) is 0 Å². The number of hydrogen-bond donors (Lipinski definition) is 1. The molecule has 1 aliphatic heterocycles. The van der Waals surface area contributed by atoms with Crippen LogP contribution < -0.4 is 5.32 Å². The summed E-state index contributed by atoms with van der Waals surface area (Å²) in [7, 11) is 0. The molecule has 158 valence electrons. The summed E-state index contributed by atoms with van der Waals surface area (Å²) in [5.41, 5.74) is 2.20. The van der Waals surface area contributed by atoms with Crippen LogP contribution in [0.25, 0.3) is 0 Å². The van der Waals surface area contributed by atoms with Gasteiger partial charge in [0.1, 0.15) is 6.04 Å². The zero-order valence-corrected chi connectivity index (χ0v) is 17.8. The highest BCUT2D eigenvalue weighted by Gasteiger charge is 2.32. The Morgan fingerprint density at radius 2 is 1.43 bits per heavy atom. The lowest BCUT2D eigenvalue weighted by Gasteiger charge is -2.37. The molecule has 0 bridgehead atoms. The van der Waals surface area contributed by atoms with E-state index >= 15 is 0 Å². The van der Waals surface area contributed by atoms with Crippen LogP contribution in [0.3, 0.4) is 0 Å². The summed E-state index contributed by atoms with van der Waals surface area (Å²) in [6.07, 6.45) is 0. The van der Waals surface area contributed by atoms with E-state index in [1.54, 1.807) is 28.0 Å². The predicted molar refractivity (Wildman–Crippen MR) is 116 cm³/mol. The van der Waals surface area contributed by atoms with Gasteiger partial charge in [0, 0.05) is 37.3 Å². The molecule has 6 nitrogen and oxygen atoms in total. The van der Waals surface area contributed by atoms with Crippen molar-refractivity contribution in [3.63, 3.8) is 0 Å². The first-order valence-corrected chi connectivity index (χ1v) is 10.4. The summed E-state index contributed by atoms with van der Waals surface area (Å²) in [6.45, 7) is 7.66. The van der Waals surface area contributed by atoms with Gasteiger partial charge >= 0.3 is 0 Å². The molecule has 1 fully saturated rings. The highest BCUT2D eigenvalue weighted by molar-refractivity contribution is 5.98. The number of carbonyl (C=O) groups excluding carboxylic acids is 3. The van der Waals surface area contributed by atoms with Gasteiger partial charge in [-0.05, 0) is 37.1 Å². The van der Waals surface area contributed by atoms with Crippen molar-refractivity contribution in [1.82, 2.24) is 15.1 Å². The number of nitrogens with one attached hydrogen (secondary N) is 1. The summed E-state index contributed by atoms with van der Waals surface area (Å²) in [5.74, 6) is -0.410. The molecular weight excluding hydrogens is 378 g/mol. The number of hydrogen-bond acceptors (Lipinski definition) is 3. The SMILES string of the molecule is Cc1cccc(C(=O)N[C@H](C(=O)N2CCN(C(=O)c3ccccc3)CC2)C(C)C)c1. The second kappa shape index (κ2) is 9.57. The second-order valence-electron chi connectivity index (χ2n) is 8.05. The Labute approximate surface area is 177 Å². The van der Waals surface area contributed by atoms with Crippen LogP contribution in [0.4, 0.5) is 0 Å². The Morgan fingerprint density at radius 3 is 2.03 bits per heavy atom. The molecule has 1 aliphatic rings. The van der Waals surface area contributed by atoms with Gasteiger partial charge in [-0.1, -0.05) is 49.7 Å². The molecule has 0 radical (unpaired) electrons. The maximum atomic E-state index is 13.1. The average Bonchev–Trinajstić information content (AvgIpc) is 2.77. The third kappa shape index (κ3) is 5.06. The van der Waals surface area contributed by atoms with E-state index in [2.05, 4.69) is 5.32 Å². The molecule has 3 rings (SSSR count). The fraction of sp³-hybridized carbons (Fsp3) is 0.375. The predicted octanol–water partition coefficient (Wildman–Crippen LogP) is 2.73. The lowest BCUT2D eigenvalue weighted by atomic mass is 10.0. The lowest BCUT2D eigenvalue weighted by Crippen LogP contribution is -2.57.